The first-order valence-electron chi connectivity index (χ1n) is 6.01. The van der Waals surface area contributed by atoms with Crippen LogP contribution in [-0.4, -0.2) is 61.5 Å². The predicted molar refractivity (Wildman–Crippen MR) is 64.3 cm³/mol. The lowest BCUT2D eigenvalue weighted by atomic mass is 10.2. The van der Waals surface area contributed by atoms with Gasteiger partial charge in [0.1, 0.15) is 5.79 Å². The summed E-state index contributed by atoms with van der Waals surface area (Å²) in [5, 5.41) is 8.39. The van der Waals surface area contributed by atoms with Gasteiger partial charge in [0, 0.05) is 19.6 Å². The van der Waals surface area contributed by atoms with Gasteiger partial charge in [-0.2, -0.15) is 0 Å². The zero-order chi connectivity index (χ0) is 11.5. The molecule has 1 N–H and O–H groups in total. The average molecular weight is 214 g/mol. The van der Waals surface area contributed by atoms with E-state index < -0.39 is 0 Å². The molecule has 0 amide bonds. The fourth-order valence-corrected chi connectivity index (χ4v) is 2.66. The van der Waals surface area contributed by atoms with Crippen molar-refractivity contribution in [2.75, 3.05) is 40.8 Å². The van der Waals surface area contributed by atoms with Gasteiger partial charge < -0.3 is 0 Å². The Bertz CT molecular complexity index is 191. The fraction of sp³-hybridized carbons (Fsp3) is 1.00. The van der Waals surface area contributed by atoms with Crippen molar-refractivity contribution in [1.82, 2.24) is 20.2 Å². The van der Waals surface area contributed by atoms with Crippen molar-refractivity contribution >= 4 is 0 Å². The molecule has 0 aromatic carbocycles. The van der Waals surface area contributed by atoms with Crippen molar-refractivity contribution in [1.29, 1.82) is 0 Å². The van der Waals surface area contributed by atoms with Gasteiger partial charge in [-0.1, -0.05) is 13.8 Å². The maximum atomic E-state index is 3.49. The van der Waals surface area contributed by atoms with Crippen molar-refractivity contribution in [3.8, 4) is 0 Å². The molecular formula is C11H26N4. The molecule has 4 nitrogen and oxygen atoms in total. The molecule has 4 heteroatoms. The van der Waals surface area contributed by atoms with E-state index in [-0.39, 0.29) is 5.79 Å². The van der Waals surface area contributed by atoms with Gasteiger partial charge in [-0.15, -0.1) is 0 Å². The van der Waals surface area contributed by atoms with Crippen molar-refractivity contribution < 1.29 is 0 Å². The van der Waals surface area contributed by atoms with Crippen LogP contribution in [0, 0.1) is 0 Å². The second kappa shape index (κ2) is 5.25. The molecule has 0 saturated carbocycles. The van der Waals surface area contributed by atoms with E-state index in [0.29, 0.717) is 0 Å². The van der Waals surface area contributed by atoms with Crippen molar-refractivity contribution in [2.24, 2.45) is 0 Å². The third-order valence-corrected chi connectivity index (χ3v) is 3.53. The first-order chi connectivity index (χ1) is 7.12. The molecule has 0 bridgehead atoms. The third-order valence-electron chi connectivity index (χ3n) is 3.53. The van der Waals surface area contributed by atoms with Crippen molar-refractivity contribution in [3.63, 3.8) is 0 Å². The van der Waals surface area contributed by atoms with Gasteiger partial charge in [0.25, 0.3) is 0 Å². The normalized spacial score (nSPS) is 28.2. The molecule has 0 spiro atoms. The topological polar surface area (TPSA) is 21.8 Å². The number of nitrogens with zero attached hydrogens (tertiary/aromatic N) is 3. The van der Waals surface area contributed by atoms with Crippen LogP contribution < -0.4 is 5.32 Å². The van der Waals surface area contributed by atoms with Crippen LogP contribution in [0.2, 0.25) is 0 Å². The van der Waals surface area contributed by atoms with E-state index in [9.17, 15) is 0 Å². The molecule has 1 rings (SSSR count). The summed E-state index contributed by atoms with van der Waals surface area (Å²) in [4.78, 5) is 2.29. The summed E-state index contributed by atoms with van der Waals surface area (Å²) in [6, 6.07) is 0. The molecule has 1 atom stereocenters. The number of rotatable bonds is 5. The molecule has 0 aliphatic carbocycles. The van der Waals surface area contributed by atoms with Gasteiger partial charge in [0.05, 0.1) is 0 Å². The third kappa shape index (κ3) is 2.18. The summed E-state index contributed by atoms with van der Waals surface area (Å²) in [6.45, 7) is 7.75. The highest BCUT2D eigenvalue weighted by Gasteiger charge is 2.43. The molecule has 1 unspecified atom stereocenters. The Labute approximate surface area is 94.2 Å². The molecule has 1 fully saturated rings. The van der Waals surface area contributed by atoms with Crippen LogP contribution in [0.25, 0.3) is 0 Å². The Morgan fingerprint density at radius 1 is 1.27 bits per heavy atom. The van der Waals surface area contributed by atoms with E-state index in [2.05, 4.69) is 55.2 Å². The molecule has 15 heavy (non-hydrogen) atoms. The minimum atomic E-state index is 0.0199. The van der Waals surface area contributed by atoms with Crippen molar-refractivity contribution in [2.45, 2.75) is 32.5 Å². The Morgan fingerprint density at radius 3 is 2.27 bits per heavy atom. The van der Waals surface area contributed by atoms with E-state index >= 15 is 0 Å². The van der Waals surface area contributed by atoms with E-state index in [4.69, 9.17) is 0 Å². The zero-order valence-electron chi connectivity index (χ0n) is 10.9. The second-order valence-electron chi connectivity index (χ2n) is 4.33. The van der Waals surface area contributed by atoms with Gasteiger partial charge in [0.2, 0.25) is 0 Å². The molecule has 0 radical (unpaired) electrons. The standard InChI is InChI=1S/C11H26N4/c1-6-14(7-2)15-10-8-9-11(15,12-3)13(4)5/h12H,6-10H2,1-5H3. The molecular weight excluding hydrogens is 188 g/mol. The lowest BCUT2D eigenvalue weighted by molar-refractivity contribution is -0.150. The van der Waals surface area contributed by atoms with Crippen molar-refractivity contribution in [3.05, 3.63) is 0 Å². The highest BCUT2D eigenvalue weighted by molar-refractivity contribution is 4.89. The van der Waals surface area contributed by atoms with Gasteiger partial charge in [-0.05, 0) is 34.0 Å². The van der Waals surface area contributed by atoms with Crippen LogP contribution in [0.1, 0.15) is 26.7 Å². The van der Waals surface area contributed by atoms with E-state index in [0.717, 1.165) is 19.6 Å². The second-order valence-corrected chi connectivity index (χ2v) is 4.33. The van der Waals surface area contributed by atoms with E-state index in [1.54, 1.807) is 0 Å². The summed E-state index contributed by atoms with van der Waals surface area (Å²) in [7, 11) is 6.36. The molecule has 0 aromatic heterocycles. The molecule has 1 saturated heterocycles. The largest absolute Gasteiger partial charge is 0.289 e. The number of hydrogen-bond donors (Lipinski definition) is 1. The Balaban J connectivity index is 2.86. The summed E-state index contributed by atoms with van der Waals surface area (Å²) >= 11 is 0. The van der Waals surface area contributed by atoms with Gasteiger partial charge >= 0.3 is 0 Å². The molecule has 1 heterocycles. The molecule has 1 aliphatic heterocycles. The van der Waals surface area contributed by atoms with Crippen LogP contribution >= 0.6 is 0 Å². The summed E-state index contributed by atoms with van der Waals surface area (Å²) < 4.78 is 0. The molecule has 1 aliphatic rings. The SMILES string of the molecule is CCN(CC)N1CCCC1(NC)N(C)C. The minimum absolute atomic E-state index is 0.0199. The monoisotopic (exact) mass is 214 g/mol. The highest BCUT2D eigenvalue weighted by Crippen LogP contribution is 2.29. The first kappa shape index (κ1) is 12.9. The summed E-state index contributed by atoms with van der Waals surface area (Å²) in [5.74, 6) is 0.0199. The predicted octanol–water partition coefficient (Wildman–Crippen LogP) is 0.774. The van der Waals surface area contributed by atoms with Gasteiger partial charge in [-0.25, -0.2) is 10.0 Å². The lowest BCUT2D eigenvalue weighted by Crippen LogP contribution is -2.67. The summed E-state index contributed by atoms with van der Waals surface area (Å²) in [5.41, 5.74) is 0. The van der Waals surface area contributed by atoms with Crippen LogP contribution in [0.3, 0.4) is 0 Å². The van der Waals surface area contributed by atoms with Crippen LogP contribution in [0.5, 0.6) is 0 Å². The number of hydrazine groups is 1. The van der Waals surface area contributed by atoms with Crippen LogP contribution in [0.15, 0.2) is 0 Å². The zero-order valence-corrected chi connectivity index (χ0v) is 10.9. The number of nitrogens with one attached hydrogen (secondary N) is 1. The Morgan fingerprint density at radius 2 is 1.87 bits per heavy atom. The van der Waals surface area contributed by atoms with Crippen LogP contribution in [-0.2, 0) is 0 Å². The molecule has 90 valence electrons. The lowest BCUT2D eigenvalue weighted by Gasteiger charge is -2.47. The quantitative estimate of drug-likeness (QED) is 0.683. The summed E-state index contributed by atoms with van der Waals surface area (Å²) in [6.07, 6.45) is 2.45. The van der Waals surface area contributed by atoms with Gasteiger partial charge in [-0.3, -0.25) is 10.2 Å². The smallest absolute Gasteiger partial charge is 0.140 e. The molecule has 0 aromatic rings. The first-order valence-corrected chi connectivity index (χ1v) is 6.01. The minimum Gasteiger partial charge on any atom is -0.289 e. The van der Waals surface area contributed by atoms with Gasteiger partial charge in [0.15, 0.2) is 0 Å². The Kier molecular flexibility index (Phi) is 4.52. The van der Waals surface area contributed by atoms with Crippen LogP contribution in [0.4, 0.5) is 0 Å². The fourth-order valence-electron chi connectivity index (χ4n) is 2.66. The average Bonchev–Trinajstić information content (AvgIpc) is 2.65. The highest BCUT2D eigenvalue weighted by atomic mass is 15.7. The van der Waals surface area contributed by atoms with E-state index in [1.807, 2.05) is 0 Å². The number of hydrogen-bond acceptors (Lipinski definition) is 4. The Hall–Kier alpha value is -0.160. The maximum Gasteiger partial charge on any atom is 0.140 e. The maximum absolute atomic E-state index is 3.49. The van der Waals surface area contributed by atoms with E-state index in [1.165, 1.54) is 12.8 Å².